The Balaban J connectivity index is 1.95. The second-order valence-corrected chi connectivity index (χ2v) is 11.4. The van der Waals surface area contributed by atoms with Gasteiger partial charge >= 0.3 is 0 Å². The third kappa shape index (κ3) is 5.63. The molecular formula is C19H18Cl2N4O8S2. The molecule has 12 nitrogen and oxygen atoms in total. The summed E-state index contributed by atoms with van der Waals surface area (Å²) in [6, 6.07) is 4.57. The van der Waals surface area contributed by atoms with Gasteiger partial charge in [0.05, 0.1) is 45.8 Å². The zero-order chi connectivity index (χ0) is 26.1. The minimum absolute atomic E-state index is 0.0177. The van der Waals surface area contributed by atoms with Gasteiger partial charge in [0, 0.05) is 0 Å². The van der Waals surface area contributed by atoms with Crippen molar-refractivity contribution in [3.05, 3.63) is 40.4 Å². The summed E-state index contributed by atoms with van der Waals surface area (Å²) in [7, 11) is -7.09. The first-order valence-corrected chi connectivity index (χ1v) is 13.4. The molecule has 0 spiro atoms. The number of hydrogen-bond acceptors (Lipinski definition) is 10. The molecule has 1 unspecified atom stereocenters. The third-order valence-electron chi connectivity index (χ3n) is 4.75. The number of rotatable bonds is 8. The summed E-state index contributed by atoms with van der Waals surface area (Å²) in [5, 5.41) is 21.3. The fourth-order valence-corrected chi connectivity index (χ4v) is 5.41. The van der Waals surface area contributed by atoms with E-state index >= 15 is 0 Å². The van der Waals surface area contributed by atoms with Gasteiger partial charge in [0.2, 0.25) is 0 Å². The van der Waals surface area contributed by atoms with E-state index < -0.39 is 49.2 Å². The fourth-order valence-electron chi connectivity index (χ4n) is 3.04. The zero-order valence-electron chi connectivity index (χ0n) is 18.1. The van der Waals surface area contributed by atoms with Crippen LogP contribution in [0.15, 0.2) is 55.5 Å². The number of carbonyl (C=O) groups is 1. The number of nitrogens with zero attached hydrogens (tertiary/aromatic N) is 4. The first kappa shape index (κ1) is 27.0. The summed E-state index contributed by atoms with van der Waals surface area (Å²) in [5.41, 5.74) is 0.165. The lowest BCUT2D eigenvalue weighted by atomic mass is 10.2. The molecule has 2 aromatic carbocycles. The summed E-state index contributed by atoms with van der Waals surface area (Å²) >= 11 is 12.0. The van der Waals surface area contributed by atoms with Gasteiger partial charge in [-0.3, -0.25) is 9.35 Å². The number of anilines is 1. The summed E-state index contributed by atoms with van der Waals surface area (Å²) in [6.45, 7) is 0.925. The average molecular weight is 565 g/mol. The largest absolute Gasteiger partial charge is 0.494 e. The molecule has 1 atom stereocenters. The van der Waals surface area contributed by atoms with Crippen LogP contribution in [0.1, 0.15) is 6.92 Å². The van der Waals surface area contributed by atoms with Crippen LogP contribution in [-0.4, -0.2) is 63.6 Å². The lowest BCUT2D eigenvalue weighted by molar-refractivity contribution is -0.117. The second kappa shape index (κ2) is 10.2. The minimum Gasteiger partial charge on any atom is -0.494 e. The molecule has 0 radical (unpaired) electrons. The van der Waals surface area contributed by atoms with Crippen LogP contribution in [0.3, 0.4) is 0 Å². The van der Waals surface area contributed by atoms with Gasteiger partial charge in [-0.1, -0.05) is 23.2 Å². The standard InChI is InChI=1S/C19H18Cl2N4O8S2/c1-10-18(23-22-14-7-11(3-4-16(14)33-2)34(28,29)6-5-26)19(27)25(24-10)15-8-13(21)17(9-12(15)20)35(30,31)32/h3-4,7-9,18,26H,5-6H2,1-2H3,(H,30,31,32). The summed E-state index contributed by atoms with van der Waals surface area (Å²) in [4.78, 5) is 12.2. The molecule has 0 saturated carbocycles. The van der Waals surface area contributed by atoms with E-state index in [0.717, 1.165) is 17.1 Å². The van der Waals surface area contributed by atoms with Crippen molar-refractivity contribution >= 4 is 66.2 Å². The van der Waals surface area contributed by atoms with Gasteiger partial charge in [-0.15, -0.1) is 0 Å². The van der Waals surface area contributed by atoms with Crippen LogP contribution in [-0.2, 0) is 24.7 Å². The third-order valence-corrected chi connectivity index (χ3v) is 8.07. The SMILES string of the molecule is COc1ccc(S(=O)(=O)CCO)cc1N=NC1C(=O)N(c2cc(Cl)c(S(=O)(=O)O)cc2Cl)N=C1C. The maximum absolute atomic E-state index is 13.0. The van der Waals surface area contributed by atoms with Gasteiger partial charge in [-0.25, -0.2) is 8.42 Å². The summed E-state index contributed by atoms with van der Waals surface area (Å²) in [5.74, 6) is -1.01. The number of sulfone groups is 1. The number of ether oxygens (including phenoxy) is 1. The lowest BCUT2D eigenvalue weighted by Gasteiger charge is -2.15. The van der Waals surface area contributed by atoms with Crippen LogP contribution in [0.5, 0.6) is 5.75 Å². The van der Waals surface area contributed by atoms with E-state index in [9.17, 15) is 26.2 Å². The molecule has 2 aromatic rings. The molecule has 2 N–H and O–H groups in total. The topological polar surface area (TPSA) is 175 Å². The van der Waals surface area contributed by atoms with Crippen molar-refractivity contribution in [1.82, 2.24) is 0 Å². The maximum Gasteiger partial charge on any atom is 0.296 e. The van der Waals surface area contributed by atoms with Gasteiger partial charge in [-0.05, 0) is 37.3 Å². The number of hydrogen-bond donors (Lipinski definition) is 2. The number of methoxy groups -OCH3 is 1. The first-order chi connectivity index (χ1) is 16.3. The van der Waals surface area contributed by atoms with Gasteiger partial charge in [0.15, 0.2) is 15.9 Å². The quantitative estimate of drug-likeness (QED) is 0.363. The molecule has 1 aliphatic rings. The van der Waals surface area contributed by atoms with Crippen molar-refractivity contribution in [3.63, 3.8) is 0 Å². The van der Waals surface area contributed by atoms with Crippen LogP contribution < -0.4 is 9.75 Å². The second-order valence-electron chi connectivity index (χ2n) is 7.09. The van der Waals surface area contributed by atoms with Crippen molar-refractivity contribution in [2.45, 2.75) is 22.8 Å². The first-order valence-electron chi connectivity index (χ1n) is 9.58. The minimum atomic E-state index is -4.65. The van der Waals surface area contributed by atoms with E-state index in [1.54, 1.807) is 0 Å². The Morgan fingerprint density at radius 1 is 1.14 bits per heavy atom. The van der Waals surface area contributed by atoms with Gasteiger partial charge in [0.1, 0.15) is 16.3 Å². The molecule has 0 fully saturated rings. The average Bonchev–Trinajstić information content (AvgIpc) is 3.05. The van der Waals surface area contributed by atoms with Crippen LogP contribution in [0.25, 0.3) is 0 Å². The van der Waals surface area contributed by atoms with E-state index in [1.165, 1.54) is 32.2 Å². The van der Waals surface area contributed by atoms with Gasteiger partial charge in [0.25, 0.3) is 16.0 Å². The highest BCUT2D eigenvalue weighted by Crippen LogP contribution is 2.37. The molecule has 0 aliphatic carbocycles. The van der Waals surface area contributed by atoms with Crippen LogP contribution in [0.2, 0.25) is 10.0 Å². The molecule has 188 valence electrons. The fraction of sp³-hybridized carbons (Fsp3) is 0.263. The predicted octanol–water partition coefficient (Wildman–Crippen LogP) is 2.89. The Morgan fingerprint density at radius 3 is 2.43 bits per heavy atom. The molecule has 35 heavy (non-hydrogen) atoms. The van der Waals surface area contributed by atoms with Crippen molar-refractivity contribution in [2.75, 3.05) is 24.5 Å². The van der Waals surface area contributed by atoms with E-state index in [0.29, 0.717) is 0 Å². The number of benzene rings is 2. The van der Waals surface area contributed by atoms with Crippen molar-refractivity contribution in [1.29, 1.82) is 0 Å². The van der Waals surface area contributed by atoms with Crippen LogP contribution >= 0.6 is 23.2 Å². The number of aliphatic hydroxyl groups is 1. The molecule has 3 rings (SSSR count). The van der Waals surface area contributed by atoms with E-state index in [1.807, 2.05) is 0 Å². The molecule has 1 amide bonds. The van der Waals surface area contributed by atoms with Crippen molar-refractivity contribution in [2.24, 2.45) is 15.3 Å². The normalized spacial score (nSPS) is 16.7. The number of carbonyl (C=O) groups excluding carboxylic acids is 1. The Hall–Kier alpha value is -2.62. The maximum atomic E-state index is 13.0. The summed E-state index contributed by atoms with van der Waals surface area (Å²) < 4.78 is 61.8. The van der Waals surface area contributed by atoms with E-state index in [2.05, 4.69) is 15.3 Å². The molecular weight excluding hydrogens is 547 g/mol. The Morgan fingerprint density at radius 2 is 1.83 bits per heavy atom. The van der Waals surface area contributed by atoms with Gasteiger partial charge in [-0.2, -0.15) is 28.8 Å². The smallest absolute Gasteiger partial charge is 0.296 e. The van der Waals surface area contributed by atoms with Crippen LogP contribution in [0, 0.1) is 0 Å². The van der Waals surface area contributed by atoms with Gasteiger partial charge < -0.3 is 9.84 Å². The van der Waals surface area contributed by atoms with E-state index in [4.69, 9.17) is 33.0 Å². The highest BCUT2D eigenvalue weighted by molar-refractivity contribution is 7.91. The highest BCUT2D eigenvalue weighted by atomic mass is 35.5. The number of hydrazone groups is 1. The molecule has 0 bridgehead atoms. The molecule has 0 saturated heterocycles. The number of aliphatic hydroxyl groups excluding tert-OH is 1. The lowest BCUT2D eigenvalue weighted by Crippen LogP contribution is -2.30. The van der Waals surface area contributed by atoms with Crippen molar-refractivity contribution in [3.8, 4) is 5.75 Å². The Bertz CT molecular complexity index is 1460. The molecule has 0 aromatic heterocycles. The number of azo groups is 1. The number of halogens is 2. The monoisotopic (exact) mass is 564 g/mol. The summed E-state index contributed by atoms with van der Waals surface area (Å²) in [6.07, 6.45) is 0. The van der Waals surface area contributed by atoms with E-state index in [-0.39, 0.29) is 37.8 Å². The van der Waals surface area contributed by atoms with Crippen molar-refractivity contribution < 1.29 is 36.0 Å². The predicted molar refractivity (Wildman–Crippen MR) is 127 cm³/mol. The Labute approximate surface area is 210 Å². The van der Waals surface area contributed by atoms with Crippen LogP contribution in [0.4, 0.5) is 11.4 Å². The molecule has 1 heterocycles. The molecule has 1 aliphatic heterocycles. The zero-order valence-corrected chi connectivity index (χ0v) is 21.2. The molecule has 16 heteroatoms. The number of amides is 1. The highest BCUT2D eigenvalue weighted by Gasteiger charge is 2.36. The Kier molecular flexibility index (Phi) is 7.83.